The molecule has 0 rings (SSSR count). The van der Waals surface area contributed by atoms with Gasteiger partial charge in [0.1, 0.15) is 0 Å². The Hall–Kier alpha value is -0.490. The van der Waals surface area contributed by atoms with E-state index in [9.17, 15) is 4.79 Å². The fourth-order valence-corrected chi connectivity index (χ4v) is 2.47. The highest BCUT2D eigenvalue weighted by atomic mass is 31.2. The van der Waals surface area contributed by atoms with Gasteiger partial charge in [-0.3, -0.25) is 4.79 Å². The second-order valence-corrected chi connectivity index (χ2v) is 8.52. The Labute approximate surface area is 205 Å². The van der Waals surface area contributed by atoms with Crippen molar-refractivity contribution in [3.8, 4) is 0 Å². The number of ketones is 1. The molecule has 0 atom stereocenters. The Morgan fingerprint density at radius 3 is 1.45 bits per heavy atom. The van der Waals surface area contributed by atoms with Crippen molar-refractivity contribution in [2.75, 3.05) is 7.11 Å². The first-order chi connectivity index (χ1) is 15.7. The van der Waals surface area contributed by atoms with Gasteiger partial charge in [-0.25, -0.2) is 0 Å². The SMILES string of the molecule is C=CC.C=CC(=O)CCCCCCCC=CCCCCCCCC.COP(O)O.OP(O)O. The molecule has 0 saturated carbocycles. The molecule has 0 aliphatic rings. The van der Waals surface area contributed by atoms with Crippen molar-refractivity contribution in [3.05, 3.63) is 37.5 Å². The van der Waals surface area contributed by atoms with Crippen molar-refractivity contribution in [2.45, 2.75) is 104 Å². The van der Waals surface area contributed by atoms with Crippen LogP contribution in [-0.2, 0) is 9.32 Å². The van der Waals surface area contributed by atoms with Crippen LogP contribution in [0.2, 0.25) is 0 Å². The summed E-state index contributed by atoms with van der Waals surface area (Å²) in [7, 11) is -3.49. The molecule has 5 N–H and O–H groups in total. The molecule has 7 nitrogen and oxygen atoms in total. The van der Waals surface area contributed by atoms with E-state index in [1.54, 1.807) is 6.08 Å². The van der Waals surface area contributed by atoms with Gasteiger partial charge in [-0.05, 0) is 45.1 Å². The Morgan fingerprint density at radius 2 is 1.12 bits per heavy atom. The fourth-order valence-electron chi connectivity index (χ4n) is 2.47. The summed E-state index contributed by atoms with van der Waals surface area (Å²) in [6.45, 7) is 11.0. The lowest BCUT2D eigenvalue weighted by molar-refractivity contribution is -0.114. The molecule has 0 radical (unpaired) electrons. The lowest BCUT2D eigenvalue weighted by Gasteiger charge is -1.99. The van der Waals surface area contributed by atoms with Crippen molar-refractivity contribution in [2.24, 2.45) is 0 Å². The first-order valence-corrected chi connectivity index (χ1v) is 14.1. The van der Waals surface area contributed by atoms with Crippen LogP contribution in [0.3, 0.4) is 0 Å². The molecule has 0 aliphatic heterocycles. The third-order valence-corrected chi connectivity index (χ3v) is 4.40. The van der Waals surface area contributed by atoms with Crippen LogP contribution in [0.25, 0.3) is 0 Å². The summed E-state index contributed by atoms with van der Waals surface area (Å²) in [5.74, 6) is 0.188. The normalized spacial score (nSPS) is 10.0. The molecule has 0 aromatic carbocycles. The number of hydrogen-bond acceptors (Lipinski definition) is 7. The molecular formula is C24H50O7P2. The van der Waals surface area contributed by atoms with Gasteiger partial charge < -0.3 is 29.0 Å². The van der Waals surface area contributed by atoms with E-state index in [2.05, 4.69) is 36.8 Å². The van der Waals surface area contributed by atoms with Gasteiger partial charge in [-0.15, -0.1) is 6.58 Å². The molecule has 198 valence electrons. The Morgan fingerprint density at radius 1 is 0.788 bits per heavy atom. The number of carbonyl (C=O) groups is 1. The number of allylic oxidation sites excluding steroid dienone is 4. The van der Waals surface area contributed by atoms with Crippen molar-refractivity contribution in [1.82, 2.24) is 0 Å². The van der Waals surface area contributed by atoms with Gasteiger partial charge in [0.25, 0.3) is 0 Å². The van der Waals surface area contributed by atoms with Gasteiger partial charge in [-0.1, -0.05) is 83.1 Å². The molecule has 0 fully saturated rings. The number of unbranched alkanes of at least 4 members (excludes halogenated alkanes) is 11. The Balaban J connectivity index is -0.000000287. The van der Waals surface area contributed by atoms with Crippen LogP contribution in [-0.4, -0.2) is 37.4 Å². The molecule has 33 heavy (non-hydrogen) atoms. The van der Waals surface area contributed by atoms with Crippen LogP contribution in [0.4, 0.5) is 0 Å². The van der Waals surface area contributed by atoms with Gasteiger partial charge in [0.2, 0.25) is 0 Å². The third kappa shape index (κ3) is 65.2. The van der Waals surface area contributed by atoms with Crippen molar-refractivity contribution in [1.29, 1.82) is 0 Å². The van der Waals surface area contributed by atoms with E-state index in [-0.39, 0.29) is 5.78 Å². The maximum atomic E-state index is 11.0. The maximum Gasteiger partial charge on any atom is 0.326 e. The zero-order chi connectivity index (χ0) is 26.2. The van der Waals surface area contributed by atoms with Gasteiger partial charge in [0.05, 0.1) is 0 Å². The standard InChI is InChI=1S/C20H36O.C3H6.CH5O3P.H3O3P/c1-3-5-6-7-8-9-10-11-12-13-14-15-16-17-18-19-20(21)4-2;1-3-2;1-4-5(2)3;1-4(2)3/h4,11-12H,2-3,5-10,13-19H2,1H3;3H,1H2,2H3;2-3H,1H3;1-3H. The molecule has 0 bridgehead atoms. The van der Waals surface area contributed by atoms with Crippen LogP contribution in [0.15, 0.2) is 37.5 Å². The predicted octanol–water partition coefficient (Wildman–Crippen LogP) is 7.01. The molecule has 9 heteroatoms. The van der Waals surface area contributed by atoms with Crippen molar-refractivity contribution < 1.29 is 33.8 Å². The Bertz CT molecular complexity index is 415. The molecule has 0 spiro atoms. The highest BCUT2D eigenvalue weighted by Crippen LogP contribution is 2.20. The number of rotatable bonds is 17. The highest BCUT2D eigenvalue weighted by molar-refractivity contribution is 7.39. The molecule has 0 aromatic rings. The number of hydrogen-bond donors (Lipinski definition) is 5. The summed E-state index contributed by atoms with van der Waals surface area (Å²) < 4.78 is 3.93. The molecule has 0 aromatic heterocycles. The molecule has 0 saturated heterocycles. The summed E-state index contributed by atoms with van der Waals surface area (Å²) in [5, 5.41) is 0. The first-order valence-electron chi connectivity index (χ1n) is 11.7. The second kappa shape index (κ2) is 38.8. The molecule has 0 unspecified atom stereocenters. The van der Waals surface area contributed by atoms with Crippen molar-refractivity contribution in [3.63, 3.8) is 0 Å². The molecule has 0 amide bonds. The van der Waals surface area contributed by atoms with E-state index in [0.29, 0.717) is 6.42 Å². The third-order valence-electron chi connectivity index (χ3n) is 4.08. The predicted molar refractivity (Wildman–Crippen MR) is 142 cm³/mol. The molecular weight excluding hydrogens is 462 g/mol. The lowest BCUT2D eigenvalue weighted by atomic mass is 10.1. The van der Waals surface area contributed by atoms with Crippen LogP contribution in [0.5, 0.6) is 0 Å². The highest BCUT2D eigenvalue weighted by Gasteiger charge is 1.95. The minimum absolute atomic E-state index is 0.188. The average molecular weight is 513 g/mol. The minimum atomic E-state index is -2.62. The van der Waals surface area contributed by atoms with Gasteiger partial charge in [0.15, 0.2) is 5.78 Å². The van der Waals surface area contributed by atoms with Crippen LogP contribution in [0.1, 0.15) is 104 Å². The number of carbonyl (C=O) groups excluding carboxylic acids is 1. The van der Waals surface area contributed by atoms with E-state index in [4.69, 9.17) is 24.5 Å². The van der Waals surface area contributed by atoms with E-state index < -0.39 is 17.2 Å². The topological polar surface area (TPSA) is 127 Å². The lowest BCUT2D eigenvalue weighted by Crippen LogP contribution is -1.91. The summed E-state index contributed by atoms with van der Waals surface area (Å²) in [6.07, 6.45) is 25.5. The summed E-state index contributed by atoms with van der Waals surface area (Å²) in [4.78, 5) is 48.2. The first kappa shape index (κ1) is 39.7. The van der Waals surface area contributed by atoms with Gasteiger partial charge >= 0.3 is 17.2 Å². The zero-order valence-corrected chi connectivity index (χ0v) is 22.9. The fraction of sp³-hybridized carbons (Fsp3) is 0.708. The summed E-state index contributed by atoms with van der Waals surface area (Å²) in [5.41, 5.74) is 0. The summed E-state index contributed by atoms with van der Waals surface area (Å²) >= 11 is 0. The maximum absolute atomic E-state index is 11.0. The van der Waals surface area contributed by atoms with E-state index >= 15 is 0 Å². The van der Waals surface area contributed by atoms with Gasteiger partial charge in [-0.2, -0.15) is 0 Å². The van der Waals surface area contributed by atoms with E-state index in [1.807, 2.05) is 6.92 Å². The smallest absolute Gasteiger partial charge is 0.326 e. The monoisotopic (exact) mass is 512 g/mol. The summed E-state index contributed by atoms with van der Waals surface area (Å²) in [6, 6.07) is 0. The van der Waals surface area contributed by atoms with Crippen LogP contribution < -0.4 is 0 Å². The zero-order valence-electron chi connectivity index (χ0n) is 21.1. The van der Waals surface area contributed by atoms with Gasteiger partial charge in [0, 0.05) is 13.5 Å². The minimum Gasteiger partial charge on any atom is -0.328 e. The second-order valence-electron chi connectivity index (χ2n) is 7.12. The Kier molecular flexibility index (Phi) is 46.6. The van der Waals surface area contributed by atoms with E-state index in [1.165, 1.54) is 90.2 Å². The quantitative estimate of drug-likeness (QED) is 0.0614. The van der Waals surface area contributed by atoms with Crippen LogP contribution in [0, 0.1) is 0 Å². The molecule has 0 aliphatic carbocycles. The van der Waals surface area contributed by atoms with Crippen LogP contribution >= 0.6 is 17.2 Å². The average Bonchev–Trinajstić information content (AvgIpc) is 2.76. The molecule has 0 heterocycles. The van der Waals surface area contributed by atoms with Crippen molar-refractivity contribution >= 4 is 23.0 Å². The van der Waals surface area contributed by atoms with E-state index in [0.717, 1.165) is 6.42 Å². The largest absolute Gasteiger partial charge is 0.328 e.